The van der Waals surface area contributed by atoms with Crippen LogP contribution in [0.25, 0.3) is 4.96 Å². The van der Waals surface area contributed by atoms with Crippen LogP contribution in [0, 0.1) is 0 Å². The van der Waals surface area contributed by atoms with E-state index in [-0.39, 0.29) is 5.41 Å². The summed E-state index contributed by atoms with van der Waals surface area (Å²) in [5.74, 6) is 0. The predicted octanol–water partition coefficient (Wildman–Crippen LogP) is 4.15. The molecule has 2 aromatic heterocycles. The highest BCUT2D eigenvalue weighted by Gasteiger charge is 2.19. The molecule has 0 atom stereocenters. The number of fused-ring (bicyclic) bond motifs is 1. The topological polar surface area (TPSA) is 45.5 Å². The van der Waals surface area contributed by atoms with E-state index < -0.39 is 0 Å². The molecule has 0 amide bonds. The fraction of sp³-hybridized carbons (Fsp3) is 0.474. The smallest absolute Gasteiger partial charge is 0.214 e. The zero-order valence-corrected chi connectivity index (χ0v) is 16.5. The van der Waals surface area contributed by atoms with Gasteiger partial charge >= 0.3 is 0 Å². The van der Waals surface area contributed by atoms with Crippen molar-refractivity contribution in [3.05, 3.63) is 47.3 Å². The Kier molecular flexibility index (Phi) is 5.11. The third-order valence-corrected chi connectivity index (χ3v) is 5.12. The van der Waals surface area contributed by atoms with Crippen LogP contribution in [0.2, 0.25) is 0 Å². The molecule has 0 saturated carbocycles. The van der Waals surface area contributed by atoms with Gasteiger partial charge in [-0.25, -0.2) is 9.50 Å². The van der Waals surface area contributed by atoms with E-state index in [2.05, 4.69) is 79.3 Å². The predicted molar refractivity (Wildman–Crippen MR) is 105 cm³/mol. The van der Waals surface area contributed by atoms with Crippen LogP contribution < -0.4 is 5.32 Å². The van der Waals surface area contributed by atoms with Gasteiger partial charge in [0.1, 0.15) is 0 Å². The zero-order chi connectivity index (χ0) is 18.0. The van der Waals surface area contributed by atoms with Gasteiger partial charge in [-0.15, -0.1) is 5.10 Å². The van der Waals surface area contributed by atoms with Crippen molar-refractivity contribution in [1.29, 1.82) is 0 Å². The lowest BCUT2D eigenvalue weighted by Crippen LogP contribution is -2.16. The number of aromatic nitrogens is 3. The van der Waals surface area contributed by atoms with Gasteiger partial charge in [-0.2, -0.15) is 0 Å². The molecule has 0 unspecified atom stereocenters. The summed E-state index contributed by atoms with van der Waals surface area (Å²) >= 11 is 1.59. The van der Waals surface area contributed by atoms with E-state index in [1.807, 2.05) is 10.7 Å². The molecule has 0 aliphatic heterocycles. The van der Waals surface area contributed by atoms with E-state index in [0.29, 0.717) is 0 Å². The van der Waals surface area contributed by atoms with Crippen LogP contribution in [0.15, 0.2) is 30.5 Å². The quantitative estimate of drug-likeness (QED) is 0.720. The van der Waals surface area contributed by atoms with Crippen molar-refractivity contribution >= 4 is 21.4 Å². The Morgan fingerprint density at radius 1 is 1.24 bits per heavy atom. The van der Waals surface area contributed by atoms with Crippen LogP contribution in [0.1, 0.15) is 44.5 Å². The molecule has 0 bridgehead atoms. The Morgan fingerprint density at radius 2 is 2.00 bits per heavy atom. The molecule has 25 heavy (non-hydrogen) atoms. The second kappa shape index (κ2) is 7.14. The number of rotatable bonds is 6. The van der Waals surface area contributed by atoms with Crippen molar-refractivity contribution in [1.82, 2.24) is 19.5 Å². The summed E-state index contributed by atoms with van der Waals surface area (Å²) in [7, 11) is 2.14. The van der Waals surface area contributed by atoms with Crippen LogP contribution in [0.3, 0.4) is 0 Å². The van der Waals surface area contributed by atoms with E-state index in [4.69, 9.17) is 0 Å². The fourth-order valence-corrected chi connectivity index (χ4v) is 3.35. The standard InChI is InChI=1S/C19H27N5S/c1-6-23(5)12-15-9-7-8-14(10-15)11-20-17-22-24-13-16(19(2,3)4)21-18(24)25-17/h7-10,13H,6,11-12H2,1-5H3,(H,20,22). The van der Waals surface area contributed by atoms with E-state index >= 15 is 0 Å². The summed E-state index contributed by atoms with van der Waals surface area (Å²) in [6.07, 6.45) is 2.03. The van der Waals surface area contributed by atoms with E-state index in [0.717, 1.165) is 35.4 Å². The van der Waals surface area contributed by atoms with Crippen LogP contribution >= 0.6 is 11.3 Å². The van der Waals surface area contributed by atoms with Crippen LogP contribution in [0.5, 0.6) is 0 Å². The third-order valence-electron chi connectivity index (χ3n) is 4.24. The number of hydrogen-bond donors (Lipinski definition) is 1. The highest BCUT2D eigenvalue weighted by atomic mass is 32.1. The Balaban J connectivity index is 1.66. The molecule has 3 aromatic rings. The lowest BCUT2D eigenvalue weighted by Gasteiger charge is -2.14. The van der Waals surface area contributed by atoms with Crippen molar-refractivity contribution in [2.45, 2.75) is 46.2 Å². The first-order valence-corrected chi connectivity index (χ1v) is 9.53. The summed E-state index contributed by atoms with van der Waals surface area (Å²) in [6.45, 7) is 11.5. The monoisotopic (exact) mass is 357 g/mol. The lowest BCUT2D eigenvalue weighted by atomic mass is 9.93. The van der Waals surface area contributed by atoms with Crippen LogP contribution in [-0.2, 0) is 18.5 Å². The fourth-order valence-electron chi connectivity index (χ4n) is 2.57. The van der Waals surface area contributed by atoms with Crippen LogP contribution in [-0.4, -0.2) is 33.1 Å². The van der Waals surface area contributed by atoms with Crippen molar-refractivity contribution < 1.29 is 0 Å². The summed E-state index contributed by atoms with van der Waals surface area (Å²) in [4.78, 5) is 7.93. The van der Waals surface area contributed by atoms with Crippen molar-refractivity contribution in [3.8, 4) is 0 Å². The second-order valence-electron chi connectivity index (χ2n) is 7.51. The molecule has 0 fully saturated rings. The summed E-state index contributed by atoms with van der Waals surface area (Å²) in [5, 5.41) is 8.92. The lowest BCUT2D eigenvalue weighted by molar-refractivity contribution is 0.345. The Labute approximate surface area is 153 Å². The average molecular weight is 358 g/mol. The van der Waals surface area contributed by atoms with Crippen molar-refractivity contribution in [2.24, 2.45) is 0 Å². The molecule has 0 radical (unpaired) electrons. The van der Waals surface area contributed by atoms with E-state index in [1.54, 1.807) is 11.3 Å². The number of hydrogen-bond acceptors (Lipinski definition) is 5. The molecular formula is C19H27N5S. The van der Waals surface area contributed by atoms with Gasteiger partial charge in [0.05, 0.1) is 11.9 Å². The SMILES string of the molecule is CCN(C)Cc1cccc(CNc2nn3cc(C(C)(C)C)nc3s2)c1. The Morgan fingerprint density at radius 3 is 2.68 bits per heavy atom. The molecule has 0 aliphatic rings. The third kappa shape index (κ3) is 4.38. The maximum Gasteiger partial charge on any atom is 0.214 e. The minimum atomic E-state index is 0.0487. The van der Waals surface area contributed by atoms with Gasteiger partial charge in [0.15, 0.2) is 0 Å². The van der Waals surface area contributed by atoms with Crippen molar-refractivity contribution in [3.63, 3.8) is 0 Å². The summed E-state index contributed by atoms with van der Waals surface area (Å²) in [5.41, 5.74) is 3.73. The molecular weight excluding hydrogens is 330 g/mol. The van der Waals surface area contributed by atoms with E-state index in [1.165, 1.54) is 11.1 Å². The summed E-state index contributed by atoms with van der Waals surface area (Å²) < 4.78 is 1.88. The molecule has 5 nitrogen and oxygen atoms in total. The number of nitrogens with one attached hydrogen (secondary N) is 1. The molecule has 134 valence electrons. The number of anilines is 1. The highest BCUT2D eigenvalue weighted by molar-refractivity contribution is 7.20. The Hall–Kier alpha value is -1.92. The number of benzene rings is 1. The van der Waals surface area contributed by atoms with Gasteiger partial charge < -0.3 is 10.2 Å². The molecule has 1 aromatic carbocycles. The van der Waals surface area contributed by atoms with Crippen molar-refractivity contribution in [2.75, 3.05) is 18.9 Å². The molecule has 0 aliphatic carbocycles. The zero-order valence-electron chi connectivity index (χ0n) is 15.7. The number of imidazole rings is 1. The number of nitrogens with zero attached hydrogens (tertiary/aromatic N) is 4. The molecule has 0 saturated heterocycles. The highest BCUT2D eigenvalue weighted by Crippen LogP contribution is 2.25. The summed E-state index contributed by atoms with van der Waals surface area (Å²) in [6, 6.07) is 8.72. The van der Waals surface area contributed by atoms with Gasteiger partial charge in [-0.05, 0) is 24.7 Å². The van der Waals surface area contributed by atoms with Gasteiger partial charge in [-0.3, -0.25) is 0 Å². The first kappa shape index (κ1) is 17.9. The van der Waals surface area contributed by atoms with E-state index in [9.17, 15) is 0 Å². The molecule has 1 N–H and O–H groups in total. The molecule has 3 rings (SSSR count). The normalized spacial score (nSPS) is 12.2. The van der Waals surface area contributed by atoms with Gasteiger partial charge in [-0.1, -0.05) is 63.3 Å². The maximum absolute atomic E-state index is 4.69. The molecule has 2 heterocycles. The Bertz CT molecular complexity index is 811. The first-order chi connectivity index (χ1) is 11.8. The van der Waals surface area contributed by atoms with Crippen LogP contribution in [0.4, 0.5) is 5.13 Å². The molecule has 6 heteroatoms. The van der Waals surface area contributed by atoms with Gasteiger partial charge in [0.25, 0.3) is 0 Å². The second-order valence-corrected chi connectivity index (χ2v) is 8.47. The molecule has 0 spiro atoms. The van der Waals surface area contributed by atoms with Gasteiger partial charge in [0, 0.05) is 18.5 Å². The largest absolute Gasteiger partial charge is 0.356 e. The minimum absolute atomic E-state index is 0.0487. The van der Waals surface area contributed by atoms with Gasteiger partial charge in [0.2, 0.25) is 10.1 Å². The minimum Gasteiger partial charge on any atom is -0.356 e. The first-order valence-electron chi connectivity index (χ1n) is 8.72. The maximum atomic E-state index is 4.69. The average Bonchev–Trinajstić information content (AvgIpc) is 3.11.